The summed E-state index contributed by atoms with van der Waals surface area (Å²) in [6.45, 7) is 5.08. The molecule has 21 heavy (non-hydrogen) atoms. The topological polar surface area (TPSA) is 71.7 Å². The van der Waals surface area contributed by atoms with Crippen molar-refractivity contribution < 1.29 is 14.1 Å². The van der Waals surface area contributed by atoms with E-state index in [1.165, 1.54) is 0 Å². The molecule has 2 atom stereocenters. The van der Waals surface area contributed by atoms with E-state index in [0.29, 0.717) is 25.1 Å². The maximum atomic E-state index is 11.7. The van der Waals surface area contributed by atoms with Crippen LogP contribution >= 0.6 is 0 Å². The fraction of sp³-hybridized carbons (Fsp3) is 0.786. The molecule has 2 fully saturated rings. The van der Waals surface area contributed by atoms with E-state index in [1.807, 2.05) is 6.92 Å². The third kappa shape index (κ3) is 3.08. The van der Waals surface area contributed by atoms with Crippen molar-refractivity contribution in [3.05, 3.63) is 11.7 Å². The molecule has 3 rings (SSSR count). The van der Waals surface area contributed by atoms with E-state index in [1.54, 1.807) is 0 Å². The van der Waals surface area contributed by atoms with Crippen molar-refractivity contribution >= 4 is 5.97 Å². The van der Waals surface area contributed by atoms with Gasteiger partial charge in [0.15, 0.2) is 5.82 Å². The molecule has 116 valence electrons. The zero-order valence-electron chi connectivity index (χ0n) is 12.6. The summed E-state index contributed by atoms with van der Waals surface area (Å²) in [7, 11) is 2.07. The number of ether oxygens (including phenoxy) is 1. The second-order valence-corrected chi connectivity index (χ2v) is 5.78. The second-order valence-electron chi connectivity index (χ2n) is 5.78. The van der Waals surface area contributed by atoms with Crippen LogP contribution in [0.5, 0.6) is 0 Å². The van der Waals surface area contributed by atoms with Crippen LogP contribution in [0.25, 0.3) is 0 Å². The van der Waals surface area contributed by atoms with Crippen LogP contribution in [0.2, 0.25) is 0 Å². The van der Waals surface area contributed by atoms with E-state index in [9.17, 15) is 4.79 Å². The Morgan fingerprint density at radius 1 is 1.43 bits per heavy atom. The third-order valence-electron chi connectivity index (χ3n) is 4.37. The highest BCUT2D eigenvalue weighted by molar-refractivity contribution is 5.77. The Hall–Kier alpha value is -1.47. The van der Waals surface area contributed by atoms with Gasteiger partial charge in [-0.3, -0.25) is 14.6 Å². The fourth-order valence-corrected chi connectivity index (χ4v) is 3.08. The summed E-state index contributed by atoms with van der Waals surface area (Å²) in [5.41, 5.74) is 0. The normalized spacial score (nSPS) is 26.7. The van der Waals surface area contributed by atoms with Crippen LogP contribution in [-0.4, -0.2) is 64.7 Å². The first kappa shape index (κ1) is 14.5. The fourth-order valence-electron chi connectivity index (χ4n) is 3.08. The minimum absolute atomic E-state index is 0.0414. The van der Waals surface area contributed by atoms with Crippen LogP contribution in [0.4, 0.5) is 0 Å². The summed E-state index contributed by atoms with van der Waals surface area (Å²) in [4.78, 5) is 20.5. The van der Waals surface area contributed by atoms with Crippen LogP contribution in [0.3, 0.4) is 0 Å². The van der Waals surface area contributed by atoms with Crippen molar-refractivity contribution in [3.8, 4) is 0 Å². The summed E-state index contributed by atoms with van der Waals surface area (Å²) in [5.74, 6) is 1.34. The number of nitrogens with zero attached hydrogens (tertiary/aromatic N) is 4. The number of hydrogen-bond donors (Lipinski definition) is 0. The molecule has 7 heteroatoms. The first-order valence-electron chi connectivity index (χ1n) is 7.59. The first-order chi connectivity index (χ1) is 10.2. The molecular formula is C14H22N4O3. The number of likely N-dealkylation sites (N-methyl/N-ethyl adjacent to an activating group) is 1. The summed E-state index contributed by atoms with van der Waals surface area (Å²) in [5, 5.41) is 3.99. The number of carbonyl (C=O) groups excluding carboxylic acids is 1. The van der Waals surface area contributed by atoms with Crippen molar-refractivity contribution in [3.63, 3.8) is 0 Å². The number of rotatable bonds is 5. The van der Waals surface area contributed by atoms with Gasteiger partial charge in [0.1, 0.15) is 6.04 Å². The zero-order chi connectivity index (χ0) is 14.8. The molecule has 0 bridgehead atoms. The van der Waals surface area contributed by atoms with Gasteiger partial charge in [-0.15, -0.1) is 0 Å². The molecule has 7 nitrogen and oxygen atoms in total. The van der Waals surface area contributed by atoms with E-state index in [-0.39, 0.29) is 12.0 Å². The number of aromatic nitrogens is 2. The minimum atomic E-state index is -0.0657. The Morgan fingerprint density at radius 3 is 2.95 bits per heavy atom. The highest BCUT2D eigenvalue weighted by Crippen LogP contribution is 2.22. The molecule has 0 radical (unpaired) electrons. The lowest BCUT2D eigenvalue weighted by atomic mass is 10.2. The average molecular weight is 294 g/mol. The quantitative estimate of drug-likeness (QED) is 0.730. The minimum Gasteiger partial charge on any atom is -0.464 e. The molecule has 1 aromatic heterocycles. The molecule has 2 aliphatic heterocycles. The van der Waals surface area contributed by atoms with Crippen LogP contribution in [-0.2, 0) is 22.5 Å². The summed E-state index contributed by atoms with van der Waals surface area (Å²) in [6, 6.07) is 0.377. The van der Waals surface area contributed by atoms with Gasteiger partial charge in [0, 0.05) is 32.0 Å². The molecule has 0 aliphatic carbocycles. The Morgan fingerprint density at radius 2 is 2.29 bits per heavy atom. The number of hydrogen-bond acceptors (Lipinski definition) is 7. The molecule has 0 saturated carbocycles. The van der Waals surface area contributed by atoms with Gasteiger partial charge in [-0.25, -0.2) is 0 Å². The van der Waals surface area contributed by atoms with Crippen molar-refractivity contribution in [2.75, 3.05) is 26.7 Å². The Bertz CT molecular complexity index is 504. The van der Waals surface area contributed by atoms with Gasteiger partial charge in [-0.1, -0.05) is 12.1 Å². The lowest BCUT2D eigenvalue weighted by Crippen LogP contribution is -2.40. The van der Waals surface area contributed by atoms with Gasteiger partial charge in [0.25, 0.3) is 0 Å². The summed E-state index contributed by atoms with van der Waals surface area (Å²) in [6.07, 6.45) is 2.64. The lowest BCUT2D eigenvalue weighted by Gasteiger charge is -2.24. The SMILES string of the molecule is CCc1nc(CN(C)[C@H]2CCN([C@@H]3CCOC3=O)C2)no1. The molecule has 0 aromatic carbocycles. The molecule has 1 aromatic rings. The van der Waals surface area contributed by atoms with Crippen LogP contribution in [0.15, 0.2) is 4.52 Å². The highest BCUT2D eigenvalue weighted by Gasteiger charge is 2.37. The van der Waals surface area contributed by atoms with Gasteiger partial charge in [-0.2, -0.15) is 4.98 Å². The number of cyclic esters (lactones) is 1. The monoisotopic (exact) mass is 294 g/mol. The molecule has 2 saturated heterocycles. The van der Waals surface area contributed by atoms with E-state index in [4.69, 9.17) is 9.26 Å². The van der Waals surface area contributed by atoms with Crippen molar-refractivity contribution in [1.29, 1.82) is 0 Å². The van der Waals surface area contributed by atoms with Gasteiger partial charge < -0.3 is 9.26 Å². The Balaban J connectivity index is 1.54. The Kier molecular flexibility index (Phi) is 4.21. The maximum absolute atomic E-state index is 11.7. The van der Waals surface area contributed by atoms with Crippen molar-refractivity contribution in [2.24, 2.45) is 0 Å². The van der Waals surface area contributed by atoms with E-state index < -0.39 is 0 Å². The average Bonchev–Trinajstić information content (AvgIpc) is 3.17. The van der Waals surface area contributed by atoms with Crippen LogP contribution < -0.4 is 0 Å². The molecule has 0 spiro atoms. The van der Waals surface area contributed by atoms with E-state index in [0.717, 1.165) is 38.2 Å². The Labute approximate surface area is 124 Å². The van der Waals surface area contributed by atoms with E-state index in [2.05, 4.69) is 27.0 Å². The van der Waals surface area contributed by atoms with Gasteiger partial charge in [0.2, 0.25) is 5.89 Å². The van der Waals surface area contributed by atoms with Gasteiger partial charge >= 0.3 is 5.97 Å². The highest BCUT2D eigenvalue weighted by atomic mass is 16.5. The molecule has 2 aliphatic rings. The van der Waals surface area contributed by atoms with Crippen molar-refractivity contribution in [2.45, 2.75) is 44.8 Å². The largest absolute Gasteiger partial charge is 0.464 e. The molecule has 0 amide bonds. The number of esters is 1. The second kappa shape index (κ2) is 6.11. The standard InChI is InChI=1S/C14H22N4O3/c1-3-13-15-12(16-21-13)9-17(2)10-4-6-18(8-10)11-5-7-20-14(11)19/h10-11H,3-9H2,1-2H3/t10-,11+/m0/s1. The van der Waals surface area contributed by atoms with E-state index >= 15 is 0 Å². The van der Waals surface area contributed by atoms with Gasteiger partial charge in [0.05, 0.1) is 13.2 Å². The number of likely N-dealkylation sites (tertiary alicyclic amines) is 1. The molecule has 3 heterocycles. The first-order valence-corrected chi connectivity index (χ1v) is 7.59. The zero-order valence-corrected chi connectivity index (χ0v) is 12.6. The molecule has 0 N–H and O–H groups in total. The summed E-state index contributed by atoms with van der Waals surface area (Å²) < 4.78 is 10.2. The van der Waals surface area contributed by atoms with Crippen molar-refractivity contribution in [1.82, 2.24) is 19.9 Å². The third-order valence-corrected chi connectivity index (χ3v) is 4.37. The van der Waals surface area contributed by atoms with Crippen LogP contribution in [0.1, 0.15) is 31.5 Å². The molecule has 0 unspecified atom stereocenters. The predicted molar refractivity (Wildman–Crippen MR) is 74.5 cm³/mol. The van der Waals surface area contributed by atoms with Crippen LogP contribution in [0, 0.1) is 0 Å². The van der Waals surface area contributed by atoms with Gasteiger partial charge in [-0.05, 0) is 13.5 Å². The smallest absolute Gasteiger partial charge is 0.323 e. The molecular weight excluding hydrogens is 272 g/mol. The predicted octanol–water partition coefficient (Wildman–Crippen LogP) is 0.454. The maximum Gasteiger partial charge on any atom is 0.323 e. The number of carbonyl (C=O) groups is 1. The summed E-state index contributed by atoms with van der Waals surface area (Å²) >= 11 is 0. The number of aryl methyl sites for hydroxylation is 1. The lowest BCUT2D eigenvalue weighted by molar-refractivity contribution is -0.142.